The van der Waals surface area contributed by atoms with Crippen LogP contribution in [0.5, 0.6) is 0 Å². The summed E-state index contributed by atoms with van der Waals surface area (Å²) in [6, 6.07) is 3.12. The van der Waals surface area contributed by atoms with E-state index in [-0.39, 0.29) is 5.54 Å². The van der Waals surface area contributed by atoms with Crippen LogP contribution in [0.2, 0.25) is 0 Å². The van der Waals surface area contributed by atoms with Gasteiger partial charge in [0.1, 0.15) is 5.54 Å². The zero-order valence-electron chi connectivity index (χ0n) is 13.7. The van der Waals surface area contributed by atoms with E-state index >= 15 is 0 Å². The molecule has 2 rings (SSSR count). The SMILES string of the molecule is CCC(C#N)(CCCN(C)CCOCC1CC1)NC1CC1. The third kappa shape index (κ3) is 6.34. The Morgan fingerprint density at radius 3 is 2.62 bits per heavy atom. The summed E-state index contributed by atoms with van der Waals surface area (Å²) in [4.78, 5) is 2.32. The first-order valence-corrected chi connectivity index (χ1v) is 8.62. The van der Waals surface area contributed by atoms with Gasteiger partial charge in [-0.25, -0.2) is 0 Å². The number of nitrogens with zero attached hydrogens (tertiary/aromatic N) is 2. The number of nitrogens with one attached hydrogen (secondary N) is 1. The van der Waals surface area contributed by atoms with Crippen LogP contribution in [-0.2, 0) is 4.74 Å². The van der Waals surface area contributed by atoms with E-state index in [0.717, 1.165) is 51.5 Å². The van der Waals surface area contributed by atoms with Crippen molar-refractivity contribution in [3.63, 3.8) is 0 Å². The Bertz CT molecular complexity index is 346. The van der Waals surface area contributed by atoms with E-state index in [2.05, 4.69) is 30.3 Å². The van der Waals surface area contributed by atoms with Crippen LogP contribution in [0.3, 0.4) is 0 Å². The molecule has 0 bridgehead atoms. The van der Waals surface area contributed by atoms with Crippen molar-refractivity contribution in [1.29, 1.82) is 5.26 Å². The molecule has 0 aromatic carbocycles. The maximum Gasteiger partial charge on any atom is 0.106 e. The van der Waals surface area contributed by atoms with Gasteiger partial charge in [0.2, 0.25) is 0 Å². The van der Waals surface area contributed by atoms with Gasteiger partial charge in [-0.15, -0.1) is 0 Å². The Morgan fingerprint density at radius 2 is 2.05 bits per heavy atom. The molecule has 0 radical (unpaired) electrons. The average Bonchev–Trinajstić information content (AvgIpc) is 3.37. The van der Waals surface area contributed by atoms with Gasteiger partial charge in [0, 0.05) is 19.2 Å². The standard InChI is InChI=1S/C17H31N3O/c1-3-17(14-18,19-16-7-8-16)9-4-10-20(2)11-12-21-13-15-5-6-15/h15-16,19H,3-13H2,1-2H3. The van der Waals surface area contributed by atoms with E-state index in [1.54, 1.807) is 0 Å². The van der Waals surface area contributed by atoms with Crippen molar-refractivity contribution in [2.45, 2.75) is 63.5 Å². The molecule has 0 aliphatic heterocycles. The molecule has 0 spiro atoms. The van der Waals surface area contributed by atoms with Gasteiger partial charge < -0.3 is 9.64 Å². The fourth-order valence-electron chi connectivity index (χ4n) is 2.65. The van der Waals surface area contributed by atoms with Gasteiger partial charge in [-0.2, -0.15) is 5.26 Å². The first-order chi connectivity index (χ1) is 10.2. The fourth-order valence-corrected chi connectivity index (χ4v) is 2.65. The number of likely N-dealkylation sites (N-methyl/N-ethyl adjacent to an activating group) is 1. The molecule has 0 saturated heterocycles. The summed E-state index contributed by atoms with van der Waals surface area (Å²) < 4.78 is 5.67. The van der Waals surface area contributed by atoms with E-state index in [1.807, 2.05) is 0 Å². The molecule has 4 heteroatoms. The second kappa shape index (κ2) is 8.12. The zero-order valence-corrected chi connectivity index (χ0v) is 13.7. The summed E-state index contributed by atoms with van der Waals surface area (Å²) in [5.74, 6) is 0.851. The first kappa shape index (κ1) is 16.7. The molecule has 0 aromatic rings. The lowest BCUT2D eigenvalue weighted by Gasteiger charge is -2.27. The van der Waals surface area contributed by atoms with Crippen LogP contribution >= 0.6 is 0 Å². The Kier molecular flexibility index (Phi) is 6.47. The number of hydrogen-bond donors (Lipinski definition) is 1. The topological polar surface area (TPSA) is 48.3 Å². The van der Waals surface area contributed by atoms with Crippen molar-refractivity contribution in [3.8, 4) is 6.07 Å². The number of ether oxygens (including phenoxy) is 1. The van der Waals surface area contributed by atoms with Crippen LogP contribution in [0.15, 0.2) is 0 Å². The molecule has 2 aliphatic rings. The molecule has 1 unspecified atom stereocenters. The highest BCUT2D eigenvalue weighted by molar-refractivity contribution is 5.09. The second-order valence-electron chi connectivity index (χ2n) is 6.89. The molecule has 0 aromatic heterocycles. The van der Waals surface area contributed by atoms with Crippen molar-refractivity contribution >= 4 is 0 Å². The van der Waals surface area contributed by atoms with Crippen molar-refractivity contribution in [1.82, 2.24) is 10.2 Å². The number of hydrogen-bond acceptors (Lipinski definition) is 4. The minimum Gasteiger partial charge on any atom is -0.380 e. The molecular weight excluding hydrogens is 262 g/mol. The largest absolute Gasteiger partial charge is 0.380 e. The average molecular weight is 293 g/mol. The van der Waals surface area contributed by atoms with Gasteiger partial charge in [0.25, 0.3) is 0 Å². The van der Waals surface area contributed by atoms with Crippen molar-refractivity contribution in [2.24, 2.45) is 5.92 Å². The van der Waals surface area contributed by atoms with Crippen molar-refractivity contribution < 1.29 is 4.74 Å². The summed E-state index contributed by atoms with van der Waals surface area (Å²) in [6.45, 7) is 5.95. The normalized spacial score (nSPS) is 21.2. The minimum absolute atomic E-state index is 0.301. The monoisotopic (exact) mass is 293 g/mol. The lowest BCUT2D eigenvalue weighted by atomic mass is 9.91. The van der Waals surface area contributed by atoms with Crippen molar-refractivity contribution in [2.75, 3.05) is 33.4 Å². The van der Waals surface area contributed by atoms with E-state index in [9.17, 15) is 5.26 Å². The predicted octanol–water partition coefficient (Wildman–Crippen LogP) is 2.55. The summed E-state index contributed by atoms with van der Waals surface area (Å²) in [6.07, 6.45) is 8.11. The third-order valence-corrected chi connectivity index (χ3v) is 4.69. The first-order valence-electron chi connectivity index (χ1n) is 8.62. The number of rotatable bonds is 12. The van der Waals surface area contributed by atoms with E-state index < -0.39 is 0 Å². The number of nitriles is 1. The lowest BCUT2D eigenvalue weighted by molar-refractivity contribution is 0.102. The molecule has 4 nitrogen and oxygen atoms in total. The van der Waals surface area contributed by atoms with Gasteiger partial charge in [-0.05, 0) is 64.5 Å². The molecular formula is C17H31N3O. The Hall–Kier alpha value is -0.630. The lowest BCUT2D eigenvalue weighted by Crippen LogP contribution is -2.45. The van der Waals surface area contributed by atoms with E-state index in [4.69, 9.17) is 4.74 Å². The molecule has 2 saturated carbocycles. The highest BCUT2D eigenvalue weighted by Gasteiger charge is 2.34. The van der Waals surface area contributed by atoms with Gasteiger partial charge in [0.05, 0.1) is 12.7 Å². The van der Waals surface area contributed by atoms with Crippen molar-refractivity contribution in [3.05, 3.63) is 0 Å². The van der Waals surface area contributed by atoms with Gasteiger partial charge >= 0.3 is 0 Å². The van der Waals surface area contributed by atoms with Crippen LogP contribution < -0.4 is 5.32 Å². The van der Waals surface area contributed by atoms with E-state index in [0.29, 0.717) is 6.04 Å². The van der Waals surface area contributed by atoms with Gasteiger partial charge in [-0.3, -0.25) is 5.32 Å². The molecule has 1 atom stereocenters. The van der Waals surface area contributed by atoms with Crippen LogP contribution in [0.25, 0.3) is 0 Å². The molecule has 0 heterocycles. The van der Waals surface area contributed by atoms with Gasteiger partial charge in [0.15, 0.2) is 0 Å². The second-order valence-corrected chi connectivity index (χ2v) is 6.89. The molecule has 21 heavy (non-hydrogen) atoms. The molecule has 1 N–H and O–H groups in total. The van der Waals surface area contributed by atoms with Crippen LogP contribution in [0.4, 0.5) is 0 Å². The molecule has 2 fully saturated rings. The van der Waals surface area contributed by atoms with E-state index in [1.165, 1.54) is 25.7 Å². The summed E-state index contributed by atoms with van der Waals surface area (Å²) >= 11 is 0. The predicted molar refractivity (Wildman–Crippen MR) is 85.1 cm³/mol. The Labute approximate surface area is 129 Å². The maximum absolute atomic E-state index is 9.50. The summed E-state index contributed by atoms with van der Waals surface area (Å²) in [5, 5.41) is 13.0. The minimum atomic E-state index is -0.301. The quantitative estimate of drug-likeness (QED) is 0.562. The summed E-state index contributed by atoms with van der Waals surface area (Å²) in [5.41, 5.74) is -0.301. The molecule has 0 amide bonds. The van der Waals surface area contributed by atoms with Gasteiger partial charge in [-0.1, -0.05) is 6.92 Å². The Morgan fingerprint density at radius 1 is 1.29 bits per heavy atom. The van der Waals surface area contributed by atoms with Crippen LogP contribution in [-0.4, -0.2) is 49.8 Å². The highest BCUT2D eigenvalue weighted by Crippen LogP contribution is 2.28. The smallest absolute Gasteiger partial charge is 0.106 e. The van der Waals surface area contributed by atoms with Crippen LogP contribution in [0.1, 0.15) is 51.9 Å². The summed E-state index contributed by atoms with van der Waals surface area (Å²) in [7, 11) is 2.15. The highest BCUT2D eigenvalue weighted by atomic mass is 16.5. The fraction of sp³-hybridized carbons (Fsp3) is 0.941. The van der Waals surface area contributed by atoms with Crippen LogP contribution in [0, 0.1) is 17.2 Å². The Balaban J connectivity index is 1.55. The maximum atomic E-state index is 9.50. The zero-order chi connectivity index (χ0) is 15.1. The third-order valence-electron chi connectivity index (χ3n) is 4.69. The molecule has 120 valence electrons. The molecule has 2 aliphatic carbocycles.